The predicted molar refractivity (Wildman–Crippen MR) is 456 cm³/mol. The van der Waals surface area contributed by atoms with Gasteiger partial charge in [0.1, 0.15) is 0 Å². The summed E-state index contributed by atoms with van der Waals surface area (Å²) < 4.78 is 0.865. The summed E-state index contributed by atoms with van der Waals surface area (Å²) in [5, 5.41) is 52.9. The van der Waals surface area contributed by atoms with Crippen LogP contribution in [0.4, 0.5) is 48.8 Å². The fourth-order valence-electron chi connectivity index (χ4n) is 12.9. The molecule has 0 unspecified atom stereocenters. The molecular weight excluding hydrogens is 1530 g/mol. The highest BCUT2D eigenvalue weighted by Gasteiger charge is 2.25. The van der Waals surface area contributed by atoms with Crippen LogP contribution in [0.5, 0.6) is 0 Å². The summed E-state index contributed by atoms with van der Waals surface area (Å²) in [6.45, 7) is 0.264. The molecule has 608 valence electrons. The van der Waals surface area contributed by atoms with Crippen LogP contribution in [0, 0.1) is 0 Å². The Bertz CT molecular complexity index is 4450. The number of amides is 18. The lowest BCUT2D eigenvalue weighted by atomic mass is 10.1. The van der Waals surface area contributed by atoms with Gasteiger partial charge in [-0.05, 0) is 120 Å². The molecule has 0 aromatic heterocycles. The number of rotatable bonds is 41. The maximum absolute atomic E-state index is 14.2. The van der Waals surface area contributed by atoms with Gasteiger partial charge in [0.05, 0.1) is 48.3 Å². The third kappa shape index (κ3) is 34.5. The molecule has 9 aromatic rings. The zero-order chi connectivity index (χ0) is 81.7. The van der Waals surface area contributed by atoms with E-state index in [9.17, 15) is 43.2 Å². The summed E-state index contributed by atoms with van der Waals surface area (Å²) in [6.07, 6.45) is 2.94. The molecule has 0 saturated carbocycles. The Morgan fingerprint density at radius 3 is 0.534 bits per heavy atom. The fourth-order valence-corrected chi connectivity index (χ4v) is 13.2. The molecule has 0 aliphatic rings. The average Bonchev–Trinajstić information content (AvgIpc) is 0.897. The summed E-state index contributed by atoms with van der Waals surface area (Å²) >= 11 is 3.42. The van der Waals surface area contributed by atoms with Gasteiger partial charge in [-0.3, -0.25) is 0 Å². The Hall–Kier alpha value is -13.1. The molecule has 0 spiro atoms. The first-order valence-electron chi connectivity index (χ1n) is 38.9. The first-order valence-corrected chi connectivity index (χ1v) is 39.7. The Labute approximate surface area is 686 Å². The van der Waals surface area contributed by atoms with Gasteiger partial charge < -0.3 is 95.7 Å². The number of hydrogen-bond donors (Lipinski definition) is 18. The molecule has 28 heteroatoms. The lowest BCUT2D eigenvalue weighted by Crippen LogP contribution is -2.56. The molecule has 0 heterocycles. The van der Waals surface area contributed by atoms with Crippen LogP contribution in [0.1, 0.15) is 44.5 Å². The number of carbonyl (C=O) groups is 9. The number of benzene rings is 9. The topological polar surface area (TPSA) is 370 Å². The number of nitrogens with one attached hydrogen (secondary N) is 18. The van der Waals surface area contributed by atoms with Gasteiger partial charge in [0.15, 0.2) is 0 Å². The SMILES string of the molecule is CNC(=O)NC[C@H](Cc1ccccc1)NC(=O)NC[C@H](Cc1ccccc1)NC(=O)NC[C@H](Cc1ccccc1)NC(=O)NC[C@H](Cc1ccccc1)NC(=O)NC[C@H](Cc1ccccc1)NC(=O)NC[C@H](Cc1ccccc1)NC(=O)NC[C@H](Cc1ccccc1)NC(=O)NC[C@H](Cc1ccccc1)NC(=O)Nc1ccc(Br)cc1. The van der Waals surface area contributed by atoms with Gasteiger partial charge in [-0.25, -0.2) is 43.2 Å². The van der Waals surface area contributed by atoms with Crippen LogP contribution in [0.25, 0.3) is 0 Å². The van der Waals surface area contributed by atoms with Crippen molar-refractivity contribution in [1.82, 2.24) is 90.4 Å². The highest BCUT2D eigenvalue weighted by Crippen LogP contribution is 2.16. The van der Waals surface area contributed by atoms with Crippen LogP contribution in [0.2, 0.25) is 0 Å². The van der Waals surface area contributed by atoms with Crippen molar-refractivity contribution in [1.29, 1.82) is 0 Å². The van der Waals surface area contributed by atoms with E-state index in [1.165, 1.54) is 7.05 Å². The Balaban J connectivity index is 0.789. The average molecular weight is 1640 g/mol. The number of hydrogen-bond acceptors (Lipinski definition) is 9. The summed E-state index contributed by atoms with van der Waals surface area (Å²) in [5.74, 6) is 0. The molecule has 18 N–H and O–H groups in total. The molecule has 18 amide bonds. The van der Waals surface area contributed by atoms with E-state index in [-0.39, 0.29) is 58.4 Å². The summed E-state index contributed by atoms with van der Waals surface area (Å²) in [4.78, 5) is 123. The van der Waals surface area contributed by atoms with Gasteiger partial charge in [0, 0.05) is 69.6 Å². The van der Waals surface area contributed by atoms with E-state index < -0.39 is 96.6 Å². The van der Waals surface area contributed by atoms with Crippen LogP contribution < -0.4 is 95.7 Å². The van der Waals surface area contributed by atoms with Gasteiger partial charge in [-0.2, -0.15) is 0 Å². The van der Waals surface area contributed by atoms with Crippen molar-refractivity contribution in [2.24, 2.45) is 0 Å². The van der Waals surface area contributed by atoms with E-state index in [0.717, 1.165) is 49.0 Å². The molecule has 27 nitrogen and oxygen atoms in total. The molecule has 0 radical (unpaired) electrons. The van der Waals surface area contributed by atoms with Gasteiger partial charge in [0.25, 0.3) is 0 Å². The van der Waals surface area contributed by atoms with Gasteiger partial charge in [-0.15, -0.1) is 0 Å². The second-order valence-electron chi connectivity index (χ2n) is 28.1. The standard InChI is InChI=1S/C88H105BrN18O9/c1-90-80(108)91-54-72(46-62-26-10-2-11-27-62)100-81(109)92-55-73(47-63-28-12-3-13-29-63)101-82(110)93-56-74(48-64-30-14-4-15-31-64)102-83(111)94-57-75(49-65-32-16-5-17-33-65)103-84(112)95-58-76(50-66-34-18-6-19-35-66)104-85(113)96-59-77(51-67-36-20-7-21-37-67)105-86(114)97-60-78(52-68-38-22-8-23-39-68)106-87(115)98-61-79(53-69-40-24-9-25-41-69)107-88(116)99-71-44-42-70(89)43-45-71/h2-45,72-79H,46-61H2,1H3,(H2,90,91,108)(H2,92,100,109)(H2,93,101,110)(H2,94,102,111)(H2,95,103,112)(H2,96,104,113)(H2,97,105,114)(H2,98,106,115)(H2,99,107,116)/t72-,73-,74-,75-,76-,77-,78-,79-/m0/s1. The number of anilines is 1. The Morgan fingerprint density at radius 1 is 0.216 bits per heavy atom. The lowest BCUT2D eigenvalue weighted by molar-refractivity contribution is 0.224. The summed E-state index contributed by atoms with van der Waals surface area (Å²) in [6, 6.07) is 74.2. The molecule has 0 fully saturated rings. The highest BCUT2D eigenvalue weighted by atomic mass is 79.9. The van der Waals surface area contributed by atoms with Gasteiger partial charge in [0.2, 0.25) is 0 Å². The lowest BCUT2D eigenvalue weighted by Gasteiger charge is -2.25. The zero-order valence-corrected chi connectivity index (χ0v) is 66.5. The molecule has 0 saturated heterocycles. The molecule has 8 atom stereocenters. The zero-order valence-electron chi connectivity index (χ0n) is 64.9. The van der Waals surface area contributed by atoms with Crippen molar-refractivity contribution in [3.63, 3.8) is 0 Å². The normalized spacial score (nSPS) is 12.8. The van der Waals surface area contributed by atoms with Crippen LogP contribution in [-0.4, -0.2) is 162 Å². The van der Waals surface area contributed by atoms with E-state index in [1.807, 2.05) is 255 Å². The van der Waals surface area contributed by atoms with E-state index in [0.29, 0.717) is 57.1 Å². The minimum Gasteiger partial charge on any atom is -0.341 e. The van der Waals surface area contributed by atoms with Gasteiger partial charge in [-0.1, -0.05) is 259 Å². The minimum atomic E-state index is -0.646. The molecule has 116 heavy (non-hydrogen) atoms. The van der Waals surface area contributed by atoms with Crippen molar-refractivity contribution >= 4 is 75.9 Å². The molecule has 0 bridgehead atoms. The largest absolute Gasteiger partial charge is 0.341 e. The van der Waals surface area contributed by atoms with E-state index in [4.69, 9.17) is 0 Å². The van der Waals surface area contributed by atoms with Crippen LogP contribution >= 0.6 is 15.9 Å². The van der Waals surface area contributed by atoms with Gasteiger partial charge >= 0.3 is 54.3 Å². The fraction of sp³-hybridized carbons (Fsp3) is 0.284. The minimum absolute atomic E-state index is 0.00314. The third-order valence-electron chi connectivity index (χ3n) is 18.7. The molecule has 0 aliphatic heterocycles. The predicted octanol–water partition coefficient (Wildman–Crippen LogP) is 9.48. The van der Waals surface area contributed by atoms with E-state index in [2.05, 4.69) is 112 Å². The van der Waals surface area contributed by atoms with Crippen LogP contribution in [-0.2, 0) is 51.4 Å². The smallest absolute Gasteiger partial charge is 0.319 e. The van der Waals surface area contributed by atoms with Crippen molar-refractivity contribution in [2.75, 3.05) is 64.7 Å². The van der Waals surface area contributed by atoms with Crippen molar-refractivity contribution in [3.05, 3.63) is 316 Å². The number of carbonyl (C=O) groups excluding carboxylic acids is 9. The van der Waals surface area contributed by atoms with E-state index in [1.54, 1.807) is 12.1 Å². The second-order valence-corrected chi connectivity index (χ2v) is 29.1. The first kappa shape index (κ1) is 86.9. The molecule has 9 rings (SSSR count). The van der Waals surface area contributed by atoms with Crippen molar-refractivity contribution in [2.45, 2.75) is 99.7 Å². The highest BCUT2D eigenvalue weighted by molar-refractivity contribution is 9.10. The van der Waals surface area contributed by atoms with Crippen molar-refractivity contribution < 1.29 is 43.2 Å². The second kappa shape index (κ2) is 48.7. The molecule has 9 aromatic carbocycles. The maximum Gasteiger partial charge on any atom is 0.319 e. The maximum atomic E-state index is 14.2. The number of halogens is 1. The molecule has 0 aliphatic carbocycles. The number of urea groups is 9. The van der Waals surface area contributed by atoms with Crippen LogP contribution in [0.3, 0.4) is 0 Å². The quantitative estimate of drug-likeness (QED) is 0.0173. The Morgan fingerprint density at radius 2 is 0.371 bits per heavy atom. The molecular formula is C88H105BrN18O9. The summed E-state index contributed by atoms with van der Waals surface area (Å²) in [5.41, 5.74) is 7.92. The third-order valence-corrected chi connectivity index (χ3v) is 19.2. The van der Waals surface area contributed by atoms with Crippen molar-refractivity contribution in [3.8, 4) is 0 Å². The summed E-state index contributed by atoms with van der Waals surface area (Å²) in [7, 11) is 1.51. The van der Waals surface area contributed by atoms with Crippen LogP contribution in [0.15, 0.2) is 271 Å². The Kier molecular flexibility index (Phi) is 36.5. The van der Waals surface area contributed by atoms with E-state index >= 15 is 0 Å². The first-order chi connectivity index (χ1) is 56.5. The monoisotopic (exact) mass is 1640 g/mol.